The number of likely N-dealkylation sites (tertiary alicyclic amines) is 1. The molecule has 2 aromatic rings. The Bertz CT molecular complexity index is 927. The van der Waals surface area contributed by atoms with Gasteiger partial charge in [0.05, 0.1) is 0 Å². The standard InChI is InChI=1S/C36H54BrNO2/c1-2-3-4-5-6-7-8-9-10-11-12-13-14-15-16-17-28-38-29-18-19-34(38)30-40-35-26-22-32(23-27-35)36(39)31-20-24-33(37)25-21-31/h20-27,34H,2-19,28-30H2,1H3. The molecule has 0 spiro atoms. The summed E-state index contributed by atoms with van der Waals surface area (Å²) in [6.45, 7) is 5.43. The molecular formula is C36H54BrNO2. The van der Waals surface area contributed by atoms with Crippen molar-refractivity contribution in [3.63, 3.8) is 0 Å². The highest BCUT2D eigenvalue weighted by molar-refractivity contribution is 9.10. The summed E-state index contributed by atoms with van der Waals surface area (Å²) in [4.78, 5) is 15.3. The van der Waals surface area contributed by atoms with Crippen molar-refractivity contribution >= 4 is 21.7 Å². The molecule has 1 aliphatic rings. The van der Waals surface area contributed by atoms with Crippen molar-refractivity contribution in [2.75, 3.05) is 19.7 Å². The molecule has 0 bridgehead atoms. The predicted molar refractivity (Wildman–Crippen MR) is 174 cm³/mol. The number of halogens is 1. The van der Waals surface area contributed by atoms with Crippen LogP contribution in [0.3, 0.4) is 0 Å². The van der Waals surface area contributed by atoms with Crippen LogP contribution < -0.4 is 4.74 Å². The summed E-state index contributed by atoms with van der Waals surface area (Å²) in [5.74, 6) is 0.890. The zero-order valence-electron chi connectivity index (χ0n) is 25.2. The number of hydrogen-bond donors (Lipinski definition) is 0. The van der Waals surface area contributed by atoms with Crippen molar-refractivity contribution in [2.45, 2.75) is 129 Å². The fourth-order valence-electron chi connectivity index (χ4n) is 5.90. The van der Waals surface area contributed by atoms with E-state index in [-0.39, 0.29) is 5.78 Å². The molecule has 1 unspecified atom stereocenters. The molecule has 1 atom stereocenters. The number of carbonyl (C=O) groups is 1. The molecule has 1 fully saturated rings. The lowest BCUT2D eigenvalue weighted by atomic mass is 10.0. The fourth-order valence-corrected chi connectivity index (χ4v) is 6.17. The lowest BCUT2D eigenvalue weighted by molar-refractivity contribution is 0.103. The number of rotatable bonds is 22. The highest BCUT2D eigenvalue weighted by Crippen LogP contribution is 2.22. The second-order valence-corrected chi connectivity index (χ2v) is 12.7. The van der Waals surface area contributed by atoms with E-state index in [2.05, 4.69) is 27.8 Å². The molecule has 0 N–H and O–H groups in total. The van der Waals surface area contributed by atoms with Crippen molar-refractivity contribution in [1.82, 2.24) is 4.90 Å². The average molecular weight is 613 g/mol. The molecule has 1 aliphatic heterocycles. The van der Waals surface area contributed by atoms with Crippen molar-refractivity contribution in [2.24, 2.45) is 0 Å². The van der Waals surface area contributed by atoms with Crippen molar-refractivity contribution < 1.29 is 9.53 Å². The second kappa shape index (κ2) is 20.3. The molecule has 0 saturated carbocycles. The lowest BCUT2D eigenvalue weighted by Crippen LogP contribution is -2.34. The number of hydrogen-bond acceptors (Lipinski definition) is 3. The van der Waals surface area contributed by atoms with Gasteiger partial charge in [-0.15, -0.1) is 0 Å². The third-order valence-electron chi connectivity index (χ3n) is 8.46. The van der Waals surface area contributed by atoms with Crippen LogP contribution in [0.5, 0.6) is 5.75 Å². The summed E-state index contributed by atoms with van der Waals surface area (Å²) in [6, 6.07) is 15.6. The first-order valence-electron chi connectivity index (χ1n) is 16.4. The maximum atomic E-state index is 12.7. The van der Waals surface area contributed by atoms with Gasteiger partial charge in [-0.3, -0.25) is 9.69 Å². The van der Waals surface area contributed by atoms with Crippen LogP contribution in [0.2, 0.25) is 0 Å². The Morgan fingerprint density at radius 2 is 1.20 bits per heavy atom. The van der Waals surface area contributed by atoms with Gasteiger partial charge in [-0.2, -0.15) is 0 Å². The van der Waals surface area contributed by atoms with Gasteiger partial charge >= 0.3 is 0 Å². The highest BCUT2D eigenvalue weighted by Gasteiger charge is 2.24. The topological polar surface area (TPSA) is 29.5 Å². The van der Waals surface area contributed by atoms with Gasteiger partial charge in [0.25, 0.3) is 0 Å². The van der Waals surface area contributed by atoms with E-state index in [0.717, 1.165) is 16.8 Å². The summed E-state index contributed by atoms with van der Waals surface area (Å²) in [5, 5.41) is 0. The number of ketones is 1. The number of ether oxygens (including phenoxy) is 1. The Labute approximate surface area is 253 Å². The van der Waals surface area contributed by atoms with Gasteiger partial charge < -0.3 is 4.74 Å². The van der Waals surface area contributed by atoms with E-state index in [0.29, 0.717) is 17.2 Å². The molecule has 0 aromatic heterocycles. The third kappa shape index (κ3) is 12.9. The maximum absolute atomic E-state index is 12.7. The van der Waals surface area contributed by atoms with E-state index >= 15 is 0 Å². The molecule has 2 aromatic carbocycles. The Morgan fingerprint density at radius 3 is 1.73 bits per heavy atom. The minimum atomic E-state index is 0.0415. The monoisotopic (exact) mass is 611 g/mol. The normalized spacial score (nSPS) is 15.5. The van der Waals surface area contributed by atoms with Crippen molar-refractivity contribution in [3.05, 3.63) is 64.1 Å². The van der Waals surface area contributed by atoms with Crippen LogP contribution in [0.4, 0.5) is 0 Å². The molecule has 222 valence electrons. The Morgan fingerprint density at radius 1 is 0.725 bits per heavy atom. The van der Waals surface area contributed by atoms with Gasteiger partial charge in [0.1, 0.15) is 12.4 Å². The van der Waals surface area contributed by atoms with Gasteiger partial charge in [-0.25, -0.2) is 0 Å². The first-order chi connectivity index (χ1) is 19.7. The largest absolute Gasteiger partial charge is 0.492 e. The van der Waals surface area contributed by atoms with Crippen LogP contribution in [0.1, 0.15) is 138 Å². The fraction of sp³-hybridized carbons (Fsp3) is 0.639. The lowest BCUT2D eigenvalue weighted by Gasteiger charge is -2.24. The zero-order chi connectivity index (χ0) is 28.3. The van der Waals surface area contributed by atoms with Gasteiger partial charge in [0.15, 0.2) is 5.78 Å². The van der Waals surface area contributed by atoms with Crippen LogP contribution in [-0.2, 0) is 0 Å². The van der Waals surface area contributed by atoms with Crippen LogP contribution in [0, 0.1) is 0 Å². The molecule has 0 radical (unpaired) electrons. The molecule has 0 amide bonds. The van der Waals surface area contributed by atoms with Crippen LogP contribution >= 0.6 is 15.9 Å². The zero-order valence-corrected chi connectivity index (χ0v) is 26.8. The van der Waals surface area contributed by atoms with E-state index in [1.54, 1.807) is 0 Å². The van der Waals surface area contributed by atoms with E-state index in [1.165, 1.54) is 129 Å². The average Bonchev–Trinajstić information content (AvgIpc) is 3.43. The molecule has 1 heterocycles. The highest BCUT2D eigenvalue weighted by atomic mass is 79.9. The molecular weight excluding hydrogens is 558 g/mol. The Kier molecular flexibility index (Phi) is 16.6. The van der Waals surface area contributed by atoms with E-state index in [1.807, 2.05) is 48.5 Å². The van der Waals surface area contributed by atoms with Gasteiger partial charge in [-0.05, 0) is 80.9 Å². The molecule has 3 rings (SSSR count). The van der Waals surface area contributed by atoms with Crippen molar-refractivity contribution in [1.29, 1.82) is 0 Å². The molecule has 0 aliphatic carbocycles. The first-order valence-corrected chi connectivity index (χ1v) is 17.2. The van der Waals surface area contributed by atoms with Gasteiger partial charge in [0.2, 0.25) is 0 Å². The minimum Gasteiger partial charge on any atom is -0.492 e. The first kappa shape index (κ1) is 32.9. The number of unbranched alkanes of at least 4 members (excludes halogenated alkanes) is 15. The van der Waals surface area contributed by atoms with E-state index in [9.17, 15) is 4.79 Å². The summed E-state index contributed by atoms with van der Waals surface area (Å²) in [7, 11) is 0. The number of nitrogens with zero attached hydrogens (tertiary/aromatic N) is 1. The molecule has 40 heavy (non-hydrogen) atoms. The van der Waals surface area contributed by atoms with Crippen LogP contribution in [0.15, 0.2) is 53.0 Å². The summed E-state index contributed by atoms with van der Waals surface area (Å²) in [5.41, 5.74) is 1.40. The number of carbonyl (C=O) groups excluding carboxylic acids is 1. The SMILES string of the molecule is CCCCCCCCCCCCCCCCCCN1CCCC1COc1ccc(C(=O)c2ccc(Br)cc2)cc1. The van der Waals surface area contributed by atoms with Gasteiger partial charge in [0, 0.05) is 21.6 Å². The third-order valence-corrected chi connectivity index (χ3v) is 8.99. The van der Waals surface area contributed by atoms with Crippen LogP contribution in [-0.4, -0.2) is 36.4 Å². The van der Waals surface area contributed by atoms with E-state index < -0.39 is 0 Å². The predicted octanol–water partition coefficient (Wildman–Crippen LogP) is 10.8. The summed E-state index contributed by atoms with van der Waals surface area (Å²) in [6.07, 6.45) is 25.2. The minimum absolute atomic E-state index is 0.0415. The summed E-state index contributed by atoms with van der Waals surface area (Å²) < 4.78 is 7.13. The molecule has 1 saturated heterocycles. The summed E-state index contributed by atoms with van der Waals surface area (Å²) >= 11 is 3.42. The molecule has 3 nitrogen and oxygen atoms in total. The van der Waals surface area contributed by atoms with E-state index in [4.69, 9.17) is 4.74 Å². The Balaban J connectivity index is 1.19. The quantitative estimate of drug-likeness (QED) is 0.0979. The van der Waals surface area contributed by atoms with Crippen molar-refractivity contribution in [3.8, 4) is 5.75 Å². The maximum Gasteiger partial charge on any atom is 0.193 e. The van der Waals surface area contributed by atoms with Crippen LogP contribution in [0.25, 0.3) is 0 Å². The van der Waals surface area contributed by atoms with Gasteiger partial charge in [-0.1, -0.05) is 119 Å². The smallest absolute Gasteiger partial charge is 0.193 e. The molecule has 4 heteroatoms. The Hall–Kier alpha value is -1.65. The second-order valence-electron chi connectivity index (χ2n) is 11.8. The number of benzene rings is 2.